The minimum Gasteiger partial charge on any atom is -0.481 e. The summed E-state index contributed by atoms with van der Waals surface area (Å²) in [5, 5.41) is 11.9. The number of hydrogen-bond donors (Lipinski definition) is 2. The van der Waals surface area contributed by atoms with E-state index in [4.69, 9.17) is 0 Å². The number of benzene rings is 1. The molecular formula is C15H21NO3. The lowest BCUT2D eigenvalue weighted by atomic mass is 9.99. The van der Waals surface area contributed by atoms with Gasteiger partial charge < -0.3 is 10.4 Å². The number of aliphatic carboxylic acids is 1. The minimum absolute atomic E-state index is 0.0735. The molecule has 0 bridgehead atoms. The molecule has 0 aliphatic heterocycles. The molecule has 0 fully saturated rings. The van der Waals surface area contributed by atoms with E-state index in [9.17, 15) is 14.7 Å². The smallest absolute Gasteiger partial charge is 0.312 e. The number of hydrogen-bond acceptors (Lipinski definition) is 2. The normalized spacial score (nSPS) is 11.8. The van der Waals surface area contributed by atoms with Crippen LogP contribution in [0.25, 0.3) is 0 Å². The summed E-state index contributed by atoms with van der Waals surface area (Å²) in [6.07, 6.45) is 3.41. The number of amides is 1. The van der Waals surface area contributed by atoms with Crippen molar-refractivity contribution in [3.05, 3.63) is 35.9 Å². The molecule has 1 aromatic carbocycles. The van der Waals surface area contributed by atoms with E-state index in [2.05, 4.69) is 12.2 Å². The monoisotopic (exact) mass is 263 g/mol. The standard InChI is InChI=1S/C15H21NO3/c1-2-3-5-10-14(17)16-11-13(15(18)19)12-8-6-4-7-9-12/h4,6-9,13H,2-3,5,10-11H2,1H3,(H,16,17)(H,18,19). The first-order valence-corrected chi connectivity index (χ1v) is 6.69. The number of nitrogens with one attached hydrogen (secondary N) is 1. The third-order valence-electron chi connectivity index (χ3n) is 3.01. The van der Waals surface area contributed by atoms with Crippen LogP contribution in [0.3, 0.4) is 0 Å². The second kappa shape index (κ2) is 8.29. The van der Waals surface area contributed by atoms with Crippen LogP contribution in [0.5, 0.6) is 0 Å². The van der Waals surface area contributed by atoms with Gasteiger partial charge in [-0.05, 0) is 12.0 Å². The van der Waals surface area contributed by atoms with Crippen molar-refractivity contribution < 1.29 is 14.7 Å². The van der Waals surface area contributed by atoms with Crippen molar-refractivity contribution in [3.8, 4) is 0 Å². The third-order valence-corrected chi connectivity index (χ3v) is 3.01. The van der Waals surface area contributed by atoms with E-state index in [1.807, 2.05) is 6.07 Å². The van der Waals surface area contributed by atoms with E-state index in [0.29, 0.717) is 12.0 Å². The fourth-order valence-corrected chi connectivity index (χ4v) is 1.87. The molecule has 2 N–H and O–H groups in total. The zero-order valence-electron chi connectivity index (χ0n) is 11.3. The molecule has 0 saturated heterocycles. The Labute approximate surface area is 113 Å². The quantitative estimate of drug-likeness (QED) is 0.708. The number of carboxylic acids is 1. The Morgan fingerprint density at radius 2 is 1.89 bits per heavy atom. The first-order chi connectivity index (χ1) is 9.15. The summed E-state index contributed by atoms with van der Waals surface area (Å²) in [5.41, 5.74) is 0.712. The van der Waals surface area contributed by atoms with Crippen LogP contribution in [0.2, 0.25) is 0 Å². The Morgan fingerprint density at radius 3 is 2.47 bits per heavy atom. The first-order valence-electron chi connectivity index (χ1n) is 6.69. The van der Waals surface area contributed by atoms with Crippen LogP contribution in [0.15, 0.2) is 30.3 Å². The average Bonchev–Trinajstić information content (AvgIpc) is 2.40. The Morgan fingerprint density at radius 1 is 1.21 bits per heavy atom. The molecule has 1 unspecified atom stereocenters. The van der Waals surface area contributed by atoms with Crippen LogP contribution in [-0.4, -0.2) is 23.5 Å². The maximum atomic E-state index is 11.6. The Bertz CT molecular complexity index is 403. The lowest BCUT2D eigenvalue weighted by Gasteiger charge is -2.13. The highest BCUT2D eigenvalue weighted by Crippen LogP contribution is 2.14. The second-order valence-corrected chi connectivity index (χ2v) is 4.56. The second-order valence-electron chi connectivity index (χ2n) is 4.56. The van der Waals surface area contributed by atoms with E-state index in [1.165, 1.54) is 0 Å². The van der Waals surface area contributed by atoms with Gasteiger partial charge in [0.1, 0.15) is 0 Å². The highest BCUT2D eigenvalue weighted by molar-refractivity contribution is 5.79. The summed E-state index contributed by atoms with van der Waals surface area (Å²) in [4.78, 5) is 22.8. The molecule has 104 valence electrons. The third kappa shape index (κ3) is 5.55. The molecule has 19 heavy (non-hydrogen) atoms. The zero-order valence-corrected chi connectivity index (χ0v) is 11.3. The fraction of sp³-hybridized carbons (Fsp3) is 0.467. The van der Waals surface area contributed by atoms with Gasteiger partial charge in [-0.15, -0.1) is 0 Å². The molecule has 0 heterocycles. The summed E-state index contributed by atoms with van der Waals surface area (Å²) >= 11 is 0. The van der Waals surface area contributed by atoms with Crippen molar-refractivity contribution in [3.63, 3.8) is 0 Å². The van der Waals surface area contributed by atoms with Gasteiger partial charge >= 0.3 is 5.97 Å². The van der Waals surface area contributed by atoms with Crippen molar-refractivity contribution in [2.45, 2.75) is 38.5 Å². The van der Waals surface area contributed by atoms with Gasteiger partial charge in [-0.3, -0.25) is 9.59 Å². The van der Waals surface area contributed by atoms with Gasteiger partial charge in [-0.25, -0.2) is 0 Å². The summed E-state index contributed by atoms with van der Waals surface area (Å²) in [5.74, 6) is -1.67. The zero-order chi connectivity index (χ0) is 14.1. The Balaban J connectivity index is 2.47. The molecule has 0 radical (unpaired) electrons. The first kappa shape index (κ1) is 15.2. The molecule has 4 nitrogen and oxygen atoms in total. The van der Waals surface area contributed by atoms with Crippen molar-refractivity contribution in [2.24, 2.45) is 0 Å². The number of unbranched alkanes of at least 4 members (excludes halogenated alkanes) is 2. The number of carboxylic acid groups (broad SMARTS) is 1. The lowest BCUT2D eigenvalue weighted by Crippen LogP contribution is -2.31. The van der Waals surface area contributed by atoms with E-state index >= 15 is 0 Å². The molecule has 1 rings (SSSR count). The summed E-state index contributed by atoms with van der Waals surface area (Å²) in [7, 11) is 0. The average molecular weight is 263 g/mol. The van der Waals surface area contributed by atoms with Crippen LogP contribution in [0, 0.1) is 0 Å². The van der Waals surface area contributed by atoms with Gasteiger partial charge in [0.05, 0.1) is 5.92 Å². The predicted octanol–water partition coefficient (Wildman–Crippen LogP) is 2.55. The van der Waals surface area contributed by atoms with E-state index in [-0.39, 0.29) is 12.5 Å². The van der Waals surface area contributed by atoms with Crippen LogP contribution in [-0.2, 0) is 9.59 Å². The fourth-order valence-electron chi connectivity index (χ4n) is 1.87. The van der Waals surface area contributed by atoms with E-state index < -0.39 is 11.9 Å². The summed E-state index contributed by atoms with van der Waals surface area (Å²) < 4.78 is 0. The van der Waals surface area contributed by atoms with Crippen LogP contribution in [0.4, 0.5) is 0 Å². The molecule has 1 amide bonds. The molecule has 0 aliphatic rings. The molecule has 0 aromatic heterocycles. The van der Waals surface area contributed by atoms with Crippen molar-refractivity contribution in [2.75, 3.05) is 6.54 Å². The van der Waals surface area contributed by atoms with Gasteiger partial charge in [-0.1, -0.05) is 50.1 Å². The van der Waals surface area contributed by atoms with Gasteiger partial charge in [0.25, 0.3) is 0 Å². The Hall–Kier alpha value is -1.84. The van der Waals surface area contributed by atoms with Crippen molar-refractivity contribution >= 4 is 11.9 Å². The van der Waals surface area contributed by atoms with Crippen LogP contribution in [0.1, 0.15) is 44.1 Å². The number of rotatable bonds is 8. The van der Waals surface area contributed by atoms with Crippen molar-refractivity contribution in [1.29, 1.82) is 0 Å². The molecule has 0 saturated carbocycles. The van der Waals surface area contributed by atoms with Gasteiger partial charge in [0.15, 0.2) is 0 Å². The largest absolute Gasteiger partial charge is 0.481 e. The summed E-state index contributed by atoms with van der Waals surface area (Å²) in [6, 6.07) is 8.97. The summed E-state index contributed by atoms with van der Waals surface area (Å²) in [6.45, 7) is 2.22. The van der Waals surface area contributed by atoms with Gasteiger partial charge in [-0.2, -0.15) is 0 Å². The maximum absolute atomic E-state index is 11.6. The molecule has 4 heteroatoms. The SMILES string of the molecule is CCCCCC(=O)NCC(C(=O)O)c1ccccc1. The highest BCUT2D eigenvalue weighted by atomic mass is 16.4. The highest BCUT2D eigenvalue weighted by Gasteiger charge is 2.20. The number of carbonyl (C=O) groups excluding carboxylic acids is 1. The maximum Gasteiger partial charge on any atom is 0.312 e. The van der Waals surface area contributed by atoms with Crippen molar-refractivity contribution in [1.82, 2.24) is 5.32 Å². The van der Waals surface area contributed by atoms with Crippen LogP contribution >= 0.6 is 0 Å². The lowest BCUT2D eigenvalue weighted by molar-refractivity contribution is -0.138. The molecule has 1 aromatic rings. The van der Waals surface area contributed by atoms with Gasteiger partial charge in [0, 0.05) is 13.0 Å². The molecule has 0 spiro atoms. The molecule has 1 atom stereocenters. The molecular weight excluding hydrogens is 242 g/mol. The van der Waals surface area contributed by atoms with E-state index in [1.54, 1.807) is 24.3 Å². The predicted molar refractivity (Wildman–Crippen MR) is 74.0 cm³/mol. The van der Waals surface area contributed by atoms with Gasteiger partial charge in [0.2, 0.25) is 5.91 Å². The van der Waals surface area contributed by atoms with Crippen LogP contribution < -0.4 is 5.32 Å². The molecule has 0 aliphatic carbocycles. The topological polar surface area (TPSA) is 66.4 Å². The van der Waals surface area contributed by atoms with E-state index in [0.717, 1.165) is 19.3 Å². The Kier molecular flexibility index (Phi) is 6.64. The number of carbonyl (C=O) groups is 2. The minimum atomic E-state index is -0.917.